The molecule has 0 aliphatic heterocycles. The lowest BCUT2D eigenvalue weighted by atomic mass is 10.1. The SMILES string of the molecule is COc1ccc(OCC(=O)Nc2cc(-c3nc4cc(C)c(C)cc4o3)ccc2OC)cc1. The molecule has 7 heteroatoms. The monoisotopic (exact) mass is 432 g/mol. The Morgan fingerprint density at radius 3 is 2.38 bits per heavy atom. The molecule has 0 saturated carbocycles. The molecule has 3 aromatic carbocycles. The van der Waals surface area contributed by atoms with E-state index in [1.165, 1.54) is 0 Å². The fourth-order valence-corrected chi connectivity index (χ4v) is 3.25. The van der Waals surface area contributed by atoms with Crippen molar-refractivity contribution >= 4 is 22.7 Å². The molecule has 4 aromatic rings. The van der Waals surface area contributed by atoms with E-state index < -0.39 is 0 Å². The highest BCUT2D eigenvalue weighted by molar-refractivity contribution is 5.94. The fraction of sp³-hybridized carbons (Fsp3) is 0.200. The molecule has 4 rings (SSSR count). The van der Waals surface area contributed by atoms with Crippen molar-refractivity contribution in [3.63, 3.8) is 0 Å². The van der Waals surface area contributed by atoms with Gasteiger partial charge in [-0.25, -0.2) is 4.98 Å². The second kappa shape index (κ2) is 9.01. The van der Waals surface area contributed by atoms with E-state index in [4.69, 9.17) is 18.6 Å². The van der Waals surface area contributed by atoms with Gasteiger partial charge in [-0.1, -0.05) is 0 Å². The molecular weight excluding hydrogens is 408 g/mol. The standard InChI is InChI=1S/C25H24N2O5/c1-15-11-20-23(12-16(15)2)32-25(27-20)17-5-10-22(30-4)21(13-17)26-24(28)14-31-19-8-6-18(29-3)7-9-19/h5-13H,14H2,1-4H3,(H,26,28). The molecule has 0 atom stereocenters. The Hall–Kier alpha value is -4.00. The van der Waals surface area contributed by atoms with Crippen molar-refractivity contribution in [2.45, 2.75) is 13.8 Å². The van der Waals surface area contributed by atoms with Gasteiger partial charge in [0.15, 0.2) is 12.2 Å². The van der Waals surface area contributed by atoms with Crippen LogP contribution in [0.15, 0.2) is 59.0 Å². The molecule has 1 N–H and O–H groups in total. The number of amides is 1. The number of nitrogens with one attached hydrogen (secondary N) is 1. The van der Waals surface area contributed by atoms with E-state index in [0.29, 0.717) is 28.8 Å². The zero-order valence-electron chi connectivity index (χ0n) is 18.4. The van der Waals surface area contributed by atoms with Gasteiger partial charge in [0, 0.05) is 5.56 Å². The minimum atomic E-state index is -0.319. The van der Waals surface area contributed by atoms with Gasteiger partial charge in [-0.15, -0.1) is 0 Å². The first-order valence-electron chi connectivity index (χ1n) is 10.1. The Balaban J connectivity index is 1.52. The third-order valence-electron chi connectivity index (χ3n) is 5.15. The summed E-state index contributed by atoms with van der Waals surface area (Å²) in [5, 5.41) is 2.83. The predicted octanol–water partition coefficient (Wildman–Crippen LogP) is 5.15. The third kappa shape index (κ3) is 4.51. The maximum atomic E-state index is 12.5. The Bertz CT molecular complexity index is 1220. The normalized spacial score (nSPS) is 10.8. The lowest BCUT2D eigenvalue weighted by Gasteiger charge is -2.12. The summed E-state index contributed by atoms with van der Waals surface area (Å²) in [5.74, 6) is 1.96. The van der Waals surface area contributed by atoms with Crippen molar-refractivity contribution in [1.82, 2.24) is 4.98 Å². The molecule has 0 radical (unpaired) electrons. The number of fused-ring (bicyclic) bond motifs is 1. The van der Waals surface area contributed by atoms with Gasteiger partial charge in [0.1, 0.15) is 22.8 Å². The minimum Gasteiger partial charge on any atom is -0.497 e. The number of hydrogen-bond acceptors (Lipinski definition) is 6. The Morgan fingerprint density at radius 2 is 1.66 bits per heavy atom. The predicted molar refractivity (Wildman–Crippen MR) is 123 cm³/mol. The molecule has 1 heterocycles. The highest BCUT2D eigenvalue weighted by atomic mass is 16.5. The van der Waals surface area contributed by atoms with E-state index in [1.807, 2.05) is 32.0 Å². The summed E-state index contributed by atoms with van der Waals surface area (Å²) < 4.78 is 22.0. The molecule has 0 aliphatic rings. The molecule has 0 fully saturated rings. The number of anilines is 1. The van der Waals surface area contributed by atoms with Crippen LogP contribution < -0.4 is 19.5 Å². The number of benzene rings is 3. The van der Waals surface area contributed by atoms with Crippen LogP contribution >= 0.6 is 0 Å². The quantitative estimate of drug-likeness (QED) is 0.435. The third-order valence-corrected chi connectivity index (χ3v) is 5.15. The molecule has 0 saturated heterocycles. The maximum Gasteiger partial charge on any atom is 0.262 e. The van der Waals surface area contributed by atoms with Crippen LogP contribution in [0.25, 0.3) is 22.6 Å². The van der Waals surface area contributed by atoms with Crippen LogP contribution in [0.4, 0.5) is 5.69 Å². The summed E-state index contributed by atoms with van der Waals surface area (Å²) in [5.41, 5.74) is 5.03. The Morgan fingerprint density at radius 1 is 0.938 bits per heavy atom. The first-order valence-corrected chi connectivity index (χ1v) is 10.1. The van der Waals surface area contributed by atoms with Crippen LogP contribution in [-0.2, 0) is 4.79 Å². The van der Waals surface area contributed by atoms with E-state index in [1.54, 1.807) is 50.6 Å². The molecule has 164 valence electrons. The summed E-state index contributed by atoms with van der Waals surface area (Å²) in [7, 11) is 3.14. The molecule has 0 bridgehead atoms. The first kappa shape index (κ1) is 21.2. The number of carbonyl (C=O) groups is 1. The molecule has 1 aromatic heterocycles. The summed E-state index contributed by atoms with van der Waals surface area (Å²) in [6.45, 7) is 3.92. The largest absolute Gasteiger partial charge is 0.497 e. The van der Waals surface area contributed by atoms with Crippen LogP contribution in [0.3, 0.4) is 0 Å². The number of aromatic nitrogens is 1. The molecule has 7 nitrogen and oxygen atoms in total. The van der Waals surface area contributed by atoms with Crippen LogP contribution in [0.2, 0.25) is 0 Å². The second-order valence-corrected chi connectivity index (χ2v) is 7.35. The van der Waals surface area contributed by atoms with Gasteiger partial charge >= 0.3 is 0 Å². The lowest BCUT2D eigenvalue weighted by Crippen LogP contribution is -2.20. The van der Waals surface area contributed by atoms with Gasteiger partial charge in [0.2, 0.25) is 5.89 Å². The highest BCUT2D eigenvalue weighted by Crippen LogP contribution is 2.32. The summed E-state index contributed by atoms with van der Waals surface area (Å²) in [6, 6.07) is 16.4. The number of ether oxygens (including phenoxy) is 3. The zero-order valence-corrected chi connectivity index (χ0v) is 18.4. The van der Waals surface area contributed by atoms with Gasteiger partial charge in [0.25, 0.3) is 5.91 Å². The van der Waals surface area contributed by atoms with Crippen LogP contribution in [-0.4, -0.2) is 31.7 Å². The number of nitrogens with zero attached hydrogens (tertiary/aromatic N) is 1. The Kier molecular flexibility index (Phi) is 5.98. The molecular formula is C25H24N2O5. The molecule has 32 heavy (non-hydrogen) atoms. The smallest absolute Gasteiger partial charge is 0.262 e. The maximum absolute atomic E-state index is 12.5. The molecule has 0 unspecified atom stereocenters. The topological polar surface area (TPSA) is 82.8 Å². The van der Waals surface area contributed by atoms with Crippen molar-refractivity contribution in [3.05, 3.63) is 65.7 Å². The van der Waals surface area contributed by atoms with E-state index in [0.717, 1.165) is 27.8 Å². The van der Waals surface area contributed by atoms with Gasteiger partial charge in [-0.2, -0.15) is 0 Å². The number of methoxy groups -OCH3 is 2. The van der Waals surface area contributed by atoms with Crippen LogP contribution in [0, 0.1) is 13.8 Å². The lowest BCUT2D eigenvalue weighted by molar-refractivity contribution is -0.118. The fourth-order valence-electron chi connectivity index (χ4n) is 3.25. The van der Waals surface area contributed by atoms with Gasteiger partial charge in [-0.3, -0.25) is 4.79 Å². The van der Waals surface area contributed by atoms with Crippen molar-refractivity contribution in [1.29, 1.82) is 0 Å². The Labute approximate surface area is 185 Å². The van der Waals surface area contributed by atoms with Crippen LogP contribution in [0.1, 0.15) is 11.1 Å². The number of hydrogen-bond donors (Lipinski definition) is 1. The van der Waals surface area contributed by atoms with Crippen molar-refractivity contribution in [2.75, 3.05) is 26.1 Å². The van der Waals surface area contributed by atoms with Gasteiger partial charge < -0.3 is 23.9 Å². The number of oxazole rings is 1. The first-order chi connectivity index (χ1) is 15.5. The van der Waals surface area contributed by atoms with E-state index >= 15 is 0 Å². The van der Waals surface area contributed by atoms with Crippen molar-refractivity contribution in [2.24, 2.45) is 0 Å². The molecule has 1 amide bonds. The number of carbonyl (C=O) groups excluding carboxylic acids is 1. The zero-order chi connectivity index (χ0) is 22.7. The van der Waals surface area contributed by atoms with E-state index in [9.17, 15) is 4.79 Å². The molecule has 0 spiro atoms. The van der Waals surface area contributed by atoms with Crippen molar-refractivity contribution < 1.29 is 23.4 Å². The number of rotatable bonds is 7. The van der Waals surface area contributed by atoms with E-state index in [2.05, 4.69) is 10.3 Å². The number of aryl methyl sites for hydroxylation is 2. The second-order valence-electron chi connectivity index (χ2n) is 7.35. The van der Waals surface area contributed by atoms with Gasteiger partial charge in [-0.05, 0) is 79.6 Å². The summed E-state index contributed by atoms with van der Waals surface area (Å²) in [6.07, 6.45) is 0. The highest BCUT2D eigenvalue weighted by Gasteiger charge is 2.14. The van der Waals surface area contributed by atoms with Crippen molar-refractivity contribution in [3.8, 4) is 28.7 Å². The van der Waals surface area contributed by atoms with Crippen LogP contribution in [0.5, 0.6) is 17.2 Å². The van der Waals surface area contributed by atoms with Gasteiger partial charge in [0.05, 0.1) is 19.9 Å². The summed E-state index contributed by atoms with van der Waals surface area (Å²) in [4.78, 5) is 17.1. The van der Waals surface area contributed by atoms with E-state index in [-0.39, 0.29) is 12.5 Å². The average Bonchev–Trinajstić information content (AvgIpc) is 3.21. The average molecular weight is 432 g/mol. The summed E-state index contributed by atoms with van der Waals surface area (Å²) >= 11 is 0. The minimum absolute atomic E-state index is 0.152. The molecule has 0 aliphatic carbocycles.